The van der Waals surface area contributed by atoms with E-state index in [9.17, 15) is 0 Å². The number of methoxy groups -OCH3 is 1. The maximum absolute atomic E-state index is 5.59. The number of guanidine groups is 1. The molecular formula is C16H23IN4O2S. The van der Waals surface area contributed by atoms with E-state index < -0.39 is 0 Å². The monoisotopic (exact) mass is 462 g/mol. The Labute approximate surface area is 163 Å². The number of anilines is 1. The highest BCUT2D eigenvalue weighted by molar-refractivity contribution is 14.0. The Balaban J connectivity index is 0.00000288. The van der Waals surface area contributed by atoms with Gasteiger partial charge in [0.25, 0.3) is 0 Å². The second kappa shape index (κ2) is 10.3. The summed E-state index contributed by atoms with van der Waals surface area (Å²) in [6, 6.07) is 5.69. The highest BCUT2D eigenvalue weighted by atomic mass is 127. The SMILES string of the molecule is CCOc1cc(NC(=NC)NCc2scnc2C)ccc1OC.I. The van der Waals surface area contributed by atoms with E-state index in [0.717, 1.165) is 11.4 Å². The van der Waals surface area contributed by atoms with Crippen LogP contribution in [-0.4, -0.2) is 31.7 Å². The van der Waals surface area contributed by atoms with Crippen molar-refractivity contribution < 1.29 is 9.47 Å². The van der Waals surface area contributed by atoms with Crippen molar-refractivity contribution in [1.82, 2.24) is 10.3 Å². The van der Waals surface area contributed by atoms with Crippen molar-refractivity contribution in [2.75, 3.05) is 26.1 Å². The van der Waals surface area contributed by atoms with Gasteiger partial charge in [-0.05, 0) is 26.0 Å². The van der Waals surface area contributed by atoms with Crippen molar-refractivity contribution in [3.63, 3.8) is 0 Å². The van der Waals surface area contributed by atoms with Crippen molar-refractivity contribution >= 4 is 47.0 Å². The molecule has 0 aliphatic heterocycles. The normalized spacial score (nSPS) is 10.8. The largest absolute Gasteiger partial charge is 0.493 e. The number of benzene rings is 1. The molecular weight excluding hydrogens is 439 g/mol. The zero-order valence-electron chi connectivity index (χ0n) is 14.3. The van der Waals surface area contributed by atoms with Crippen LogP contribution in [-0.2, 0) is 6.54 Å². The standard InChI is InChI=1S/C16H22N4O2S.HI/c1-5-22-14-8-12(6-7-13(14)21-4)20-16(17-3)18-9-15-11(2)19-10-23-15;/h6-8,10H,5,9H2,1-4H3,(H2,17,18,20);1H. The molecule has 1 heterocycles. The van der Waals surface area contributed by atoms with Crippen molar-refractivity contribution in [2.24, 2.45) is 4.99 Å². The lowest BCUT2D eigenvalue weighted by Gasteiger charge is -2.14. The summed E-state index contributed by atoms with van der Waals surface area (Å²) in [5.74, 6) is 2.10. The first kappa shape index (κ1) is 20.5. The van der Waals surface area contributed by atoms with Crippen molar-refractivity contribution in [2.45, 2.75) is 20.4 Å². The van der Waals surface area contributed by atoms with E-state index in [4.69, 9.17) is 9.47 Å². The van der Waals surface area contributed by atoms with Crippen LogP contribution in [0.25, 0.3) is 0 Å². The Bertz CT molecular complexity index is 676. The summed E-state index contributed by atoms with van der Waals surface area (Å²) in [4.78, 5) is 9.67. The number of halogens is 1. The zero-order chi connectivity index (χ0) is 16.7. The van der Waals surface area contributed by atoms with Crippen LogP contribution in [0.4, 0.5) is 5.69 Å². The van der Waals surface area contributed by atoms with E-state index in [-0.39, 0.29) is 24.0 Å². The molecule has 132 valence electrons. The number of hydrogen-bond donors (Lipinski definition) is 2. The van der Waals surface area contributed by atoms with Crippen LogP contribution in [0.5, 0.6) is 11.5 Å². The fourth-order valence-corrected chi connectivity index (χ4v) is 2.72. The number of thiazole rings is 1. The second-order valence-corrected chi connectivity index (χ2v) is 5.65. The third-order valence-corrected chi connectivity index (χ3v) is 4.15. The number of aliphatic imine (C=N–C) groups is 1. The summed E-state index contributed by atoms with van der Waals surface area (Å²) in [7, 11) is 3.37. The van der Waals surface area contributed by atoms with Gasteiger partial charge in [0.05, 0.1) is 31.5 Å². The van der Waals surface area contributed by atoms with E-state index in [1.165, 1.54) is 4.88 Å². The van der Waals surface area contributed by atoms with Gasteiger partial charge in [0.2, 0.25) is 0 Å². The molecule has 2 rings (SSSR count). The molecule has 8 heteroatoms. The Morgan fingerprint density at radius 2 is 2.12 bits per heavy atom. The average molecular weight is 462 g/mol. The van der Waals surface area contributed by atoms with E-state index in [0.29, 0.717) is 30.6 Å². The van der Waals surface area contributed by atoms with Gasteiger partial charge in [0.1, 0.15) is 0 Å². The highest BCUT2D eigenvalue weighted by Gasteiger charge is 2.08. The quantitative estimate of drug-likeness (QED) is 0.390. The minimum atomic E-state index is 0. The molecule has 0 saturated heterocycles. The number of aryl methyl sites for hydroxylation is 1. The van der Waals surface area contributed by atoms with Gasteiger partial charge in [0, 0.05) is 23.7 Å². The first-order chi connectivity index (χ1) is 11.2. The minimum absolute atomic E-state index is 0. The Morgan fingerprint density at radius 1 is 1.33 bits per heavy atom. The van der Waals surface area contributed by atoms with Crippen LogP contribution in [0.2, 0.25) is 0 Å². The van der Waals surface area contributed by atoms with Gasteiger partial charge in [0.15, 0.2) is 17.5 Å². The summed E-state index contributed by atoms with van der Waals surface area (Å²) in [6.07, 6.45) is 0. The molecule has 0 aliphatic carbocycles. The van der Waals surface area contributed by atoms with Crippen molar-refractivity contribution in [1.29, 1.82) is 0 Å². The third-order valence-electron chi connectivity index (χ3n) is 3.21. The van der Waals surface area contributed by atoms with Crippen LogP contribution in [0, 0.1) is 6.92 Å². The van der Waals surface area contributed by atoms with Crippen LogP contribution in [0.1, 0.15) is 17.5 Å². The summed E-state index contributed by atoms with van der Waals surface area (Å²) in [5.41, 5.74) is 3.77. The summed E-state index contributed by atoms with van der Waals surface area (Å²) < 4.78 is 10.9. The van der Waals surface area contributed by atoms with E-state index in [2.05, 4.69) is 20.6 Å². The molecule has 0 unspecified atom stereocenters. The highest BCUT2D eigenvalue weighted by Crippen LogP contribution is 2.30. The van der Waals surface area contributed by atoms with Gasteiger partial charge in [-0.2, -0.15) is 0 Å². The maximum Gasteiger partial charge on any atom is 0.195 e. The van der Waals surface area contributed by atoms with Gasteiger partial charge in [-0.1, -0.05) is 0 Å². The molecule has 0 radical (unpaired) electrons. The van der Waals surface area contributed by atoms with Crippen LogP contribution in [0.3, 0.4) is 0 Å². The van der Waals surface area contributed by atoms with Gasteiger partial charge >= 0.3 is 0 Å². The van der Waals surface area contributed by atoms with Crippen LogP contribution < -0.4 is 20.1 Å². The molecule has 0 fully saturated rings. The topological polar surface area (TPSA) is 67.8 Å². The third kappa shape index (κ3) is 5.52. The molecule has 1 aromatic carbocycles. The number of ether oxygens (including phenoxy) is 2. The van der Waals surface area contributed by atoms with Crippen molar-refractivity contribution in [3.8, 4) is 11.5 Å². The molecule has 2 aromatic rings. The average Bonchev–Trinajstić information content (AvgIpc) is 2.97. The molecule has 0 spiro atoms. The van der Waals surface area contributed by atoms with Gasteiger partial charge in [-0.15, -0.1) is 35.3 Å². The lowest BCUT2D eigenvalue weighted by molar-refractivity contribution is 0.311. The first-order valence-corrected chi connectivity index (χ1v) is 8.23. The fraction of sp³-hybridized carbons (Fsp3) is 0.375. The van der Waals surface area contributed by atoms with Crippen LogP contribution >= 0.6 is 35.3 Å². The smallest absolute Gasteiger partial charge is 0.195 e. The van der Waals surface area contributed by atoms with E-state index in [1.807, 2.05) is 37.6 Å². The van der Waals surface area contributed by atoms with Crippen molar-refractivity contribution in [3.05, 3.63) is 34.3 Å². The zero-order valence-corrected chi connectivity index (χ0v) is 17.4. The summed E-state index contributed by atoms with van der Waals surface area (Å²) >= 11 is 1.63. The number of rotatable bonds is 6. The lowest BCUT2D eigenvalue weighted by atomic mass is 10.2. The van der Waals surface area contributed by atoms with Gasteiger partial charge < -0.3 is 20.1 Å². The molecule has 0 amide bonds. The van der Waals surface area contributed by atoms with Crippen LogP contribution in [0.15, 0.2) is 28.7 Å². The number of nitrogens with one attached hydrogen (secondary N) is 2. The maximum atomic E-state index is 5.59. The predicted octanol–water partition coefficient (Wildman–Crippen LogP) is 3.66. The molecule has 24 heavy (non-hydrogen) atoms. The fourth-order valence-electron chi connectivity index (χ4n) is 2.00. The minimum Gasteiger partial charge on any atom is -0.493 e. The summed E-state index contributed by atoms with van der Waals surface area (Å²) in [6.45, 7) is 5.21. The second-order valence-electron chi connectivity index (χ2n) is 4.71. The molecule has 6 nitrogen and oxygen atoms in total. The molecule has 1 aromatic heterocycles. The molecule has 0 bridgehead atoms. The number of nitrogens with zero attached hydrogens (tertiary/aromatic N) is 2. The molecule has 0 atom stereocenters. The van der Waals surface area contributed by atoms with E-state index >= 15 is 0 Å². The first-order valence-electron chi connectivity index (χ1n) is 7.35. The number of hydrogen-bond acceptors (Lipinski definition) is 5. The Kier molecular flexibility index (Phi) is 8.83. The lowest BCUT2D eigenvalue weighted by Crippen LogP contribution is -2.30. The Hall–Kier alpha value is -1.55. The molecule has 2 N–H and O–H groups in total. The molecule has 0 saturated carbocycles. The molecule has 0 aliphatic rings. The van der Waals surface area contributed by atoms with Gasteiger partial charge in [-0.3, -0.25) is 4.99 Å². The summed E-state index contributed by atoms with van der Waals surface area (Å²) in [5, 5.41) is 6.53. The predicted molar refractivity (Wildman–Crippen MR) is 110 cm³/mol. The van der Waals surface area contributed by atoms with Gasteiger partial charge in [-0.25, -0.2) is 4.98 Å². The number of aromatic nitrogens is 1. The van der Waals surface area contributed by atoms with E-state index in [1.54, 1.807) is 25.5 Å². The Morgan fingerprint density at radius 3 is 2.71 bits per heavy atom.